The van der Waals surface area contributed by atoms with E-state index in [1.54, 1.807) is 0 Å². The van der Waals surface area contributed by atoms with Crippen LogP contribution in [0.25, 0.3) is 21.9 Å². The lowest BCUT2D eigenvalue weighted by molar-refractivity contribution is 0.126. The summed E-state index contributed by atoms with van der Waals surface area (Å²) in [5.41, 5.74) is 8.51. The molecule has 0 fully saturated rings. The number of hydrogen-bond acceptors (Lipinski definition) is 6. The number of aryl methyl sites for hydroxylation is 1. The van der Waals surface area contributed by atoms with E-state index in [9.17, 15) is 0 Å². The first-order valence-electron chi connectivity index (χ1n) is 7.88. The highest BCUT2D eigenvalue weighted by Crippen LogP contribution is 2.30. The van der Waals surface area contributed by atoms with E-state index >= 15 is 0 Å². The van der Waals surface area contributed by atoms with Crippen molar-refractivity contribution < 1.29 is 14.5 Å². The topological polar surface area (TPSA) is 106 Å². The van der Waals surface area contributed by atoms with Crippen LogP contribution >= 0.6 is 8.38 Å². The summed E-state index contributed by atoms with van der Waals surface area (Å²) in [6, 6.07) is 7.80. The van der Waals surface area contributed by atoms with Crippen LogP contribution in [0.5, 0.6) is 0 Å². The van der Waals surface area contributed by atoms with Gasteiger partial charge in [-0.3, -0.25) is 0 Å². The molecule has 4 N–H and O–H groups in total. The van der Waals surface area contributed by atoms with E-state index in [2.05, 4.69) is 14.5 Å². The van der Waals surface area contributed by atoms with Crippen molar-refractivity contribution in [2.45, 2.75) is 26.5 Å². The molecular formula is C16H21N4O3P. The Morgan fingerprint density at radius 1 is 1.25 bits per heavy atom. The Bertz CT molecular complexity index is 850. The zero-order valence-corrected chi connectivity index (χ0v) is 14.4. The Labute approximate surface area is 141 Å². The van der Waals surface area contributed by atoms with Gasteiger partial charge < -0.3 is 24.8 Å². The van der Waals surface area contributed by atoms with Crippen LogP contribution in [0.3, 0.4) is 0 Å². The van der Waals surface area contributed by atoms with Gasteiger partial charge in [0.1, 0.15) is 17.9 Å². The maximum atomic E-state index is 9.16. The van der Waals surface area contributed by atoms with Gasteiger partial charge in [-0.2, -0.15) is 0 Å². The quantitative estimate of drug-likeness (QED) is 0.566. The fraction of sp³-hybridized carbons (Fsp3) is 0.375. The SMILES string of the molecule is CCOCc1nc2c(N)nc3ccccc3c2n1CCCP(O)O. The standard InChI is InChI=1S/C16H21N4O3P/c1-2-23-10-13-19-14-15(20(13)8-5-9-24(21)22)11-6-3-4-7-12(11)18-16(14)17/h3-4,6-7,21-22H,2,5,8-10H2,1H3,(H2,17,18). The van der Waals surface area contributed by atoms with Gasteiger partial charge in [-0.15, -0.1) is 0 Å². The summed E-state index contributed by atoms with van der Waals surface area (Å²) in [6.45, 7) is 3.53. The third-order valence-corrected chi connectivity index (χ3v) is 4.58. The normalized spacial score (nSPS) is 11.8. The second-order valence-corrected chi connectivity index (χ2v) is 6.67. The van der Waals surface area contributed by atoms with Crippen LogP contribution in [0.15, 0.2) is 24.3 Å². The molecule has 0 amide bonds. The van der Waals surface area contributed by atoms with Crippen LogP contribution in [0.4, 0.5) is 5.82 Å². The van der Waals surface area contributed by atoms with E-state index in [0.717, 1.165) is 22.2 Å². The second-order valence-electron chi connectivity index (χ2n) is 5.48. The third kappa shape index (κ3) is 3.35. The number of fused-ring (bicyclic) bond motifs is 3. The molecule has 0 saturated heterocycles. The maximum absolute atomic E-state index is 9.16. The van der Waals surface area contributed by atoms with Gasteiger partial charge in [0.2, 0.25) is 0 Å². The Kier molecular flexibility index (Phi) is 5.26. The number of hydrogen-bond donors (Lipinski definition) is 3. The van der Waals surface area contributed by atoms with E-state index in [4.69, 9.17) is 20.3 Å². The molecule has 8 heteroatoms. The van der Waals surface area contributed by atoms with Crippen LogP contribution in [-0.2, 0) is 17.9 Å². The minimum Gasteiger partial charge on any atom is -0.382 e. The number of nitrogens with two attached hydrogens (primary N) is 1. The van der Waals surface area contributed by atoms with Crippen LogP contribution < -0.4 is 5.73 Å². The van der Waals surface area contributed by atoms with Gasteiger partial charge in [0, 0.05) is 24.7 Å². The van der Waals surface area contributed by atoms with Crippen molar-refractivity contribution in [3.8, 4) is 0 Å². The average molecular weight is 348 g/mol. The fourth-order valence-electron chi connectivity index (χ4n) is 2.82. The Morgan fingerprint density at radius 3 is 2.79 bits per heavy atom. The van der Waals surface area contributed by atoms with Gasteiger partial charge in [0.05, 0.1) is 11.0 Å². The molecule has 0 atom stereocenters. The van der Waals surface area contributed by atoms with Crippen molar-refractivity contribution in [2.75, 3.05) is 18.5 Å². The first-order chi connectivity index (χ1) is 11.6. The Hall–Kier alpha value is -1.79. The molecule has 0 unspecified atom stereocenters. The molecule has 0 aliphatic rings. The van der Waals surface area contributed by atoms with Crippen molar-refractivity contribution >= 4 is 36.1 Å². The van der Waals surface area contributed by atoms with Crippen molar-refractivity contribution in [3.63, 3.8) is 0 Å². The first kappa shape index (κ1) is 17.0. The predicted octanol–water partition coefficient (Wildman–Crippen LogP) is 2.39. The Balaban J connectivity index is 2.14. The van der Waals surface area contributed by atoms with Gasteiger partial charge in [0.25, 0.3) is 0 Å². The molecular weight excluding hydrogens is 327 g/mol. The highest BCUT2D eigenvalue weighted by atomic mass is 31.2. The number of para-hydroxylation sites is 1. The molecule has 3 rings (SSSR count). The zero-order valence-electron chi connectivity index (χ0n) is 13.5. The molecule has 2 heterocycles. The average Bonchev–Trinajstić information content (AvgIpc) is 2.92. The molecule has 0 aliphatic heterocycles. The van der Waals surface area contributed by atoms with Gasteiger partial charge in [0.15, 0.2) is 14.2 Å². The molecule has 1 aromatic carbocycles. The van der Waals surface area contributed by atoms with Crippen LogP contribution in [0.2, 0.25) is 0 Å². The largest absolute Gasteiger partial charge is 0.382 e. The van der Waals surface area contributed by atoms with E-state index < -0.39 is 8.38 Å². The molecule has 7 nitrogen and oxygen atoms in total. The minimum atomic E-state index is -1.89. The number of rotatable bonds is 7. The molecule has 0 aliphatic carbocycles. The van der Waals surface area contributed by atoms with Gasteiger partial charge in [-0.1, -0.05) is 18.2 Å². The summed E-state index contributed by atoms with van der Waals surface area (Å²) in [5.74, 6) is 1.17. The van der Waals surface area contributed by atoms with Crippen LogP contribution in [-0.4, -0.2) is 37.1 Å². The van der Waals surface area contributed by atoms with Crippen LogP contribution in [0.1, 0.15) is 19.2 Å². The fourth-order valence-corrected chi connectivity index (χ4v) is 3.24. The number of benzene rings is 1. The lowest BCUT2D eigenvalue weighted by Crippen LogP contribution is -2.07. The molecule has 24 heavy (non-hydrogen) atoms. The highest BCUT2D eigenvalue weighted by Gasteiger charge is 2.17. The van der Waals surface area contributed by atoms with Crippen molar-refractivity contribution in [3.05, 3.63) is 30.1 Å². The lowest BCUT2D eigenvalue weighted by atomic mass is 10.2. The monoisotopic (exact) mass is 348 g/mol. The molecule has 0 saturated carbocycles. The smallest absolute Gasteiger partial charge is 0.164 e. The van der Waals surface area contributed by atoms with Crippen molar-refractivity contribution in [1.29, 1.82) is 0 Å². The van der Waals surface area contributed by atoms with E-state index in [-0.39, 0.29) is 0 Å². The summed E-state index contributed by atoms with van der Waals surface area (Å²) in [6.07, 6.45) is 1.00. The summed E-state index contributed by atoms with van der Waals surface area (Å²) in [5, 5.41) is 0.979. The summed E-state index contributed by atoms with van der Waals surface area (Å²) >= 11 is 0. The third-order valence-electron chi connectivity index (χ3n) is 3.86. The minimum absolute atomic E-state index is 0.363. The molecule has 0 radical (unpaired) electrons. The Morgan fingerprint density at radius 2 is 2.04 bits per heavy atom. The predicted molar refractivity (Wildman–Crippen MR) is 95.6 cm³/mol. The van der Waals surface area contributed by atoms with Gasteiger partial charge >= 0.3 is 0 Å². The molecule has 0 bridgehead atoms. The zero-order chi connectivity index (χ0) is 17.1. The van der Waals surface area contributed by atoms with E-state index in [1.807, 2.05) is 31.2 Å². The number of nitrogens with zero attached hydrogens (tertiary/aromatic N) is 3. The first-order valence-corrected chi connectivity index (χ1v) is 9.31. The number of pyridine rings is 1. The van der Waals surface area contributed by atoms with Crippen molar-refractivity contribution in [2.24, 2.45) is 0 Å². The maximum Gasteiger partial charge on any atom is 0.164 e. The van der Waals surface area contributed by atoms with Crippen molar-refractivity contribution in [1.82, 2.24) is 14.5 Å². The number of nitrogen functional groups attached to an aromatic ring is 1. The molecule has 3 aromatic rings. The van der Waals surface area contributed by atoms with Gasteiger partial charge in [-0.05, 0) is 19.4 Å². The summed E-state index contributed by atoms with van der Waals surface area (Å²) < 4.78 is 7.59. The summed E-state index contributed by atoms with van der Waals surface area (Å²) in [4.78, 5) is 27.4. The van der Waals surface area contributed by atoms with Crippen LogP contribution in [0, 0.1) is 0 Å². The number of imidazole rings is 1. The number of ether oxygens (including phenoxy) is 1. The molecule has 128 valence electrons. The summed E-state index contributed by atoms with van der Waals surface area (Å²) in [7, 11) is -1.89. The highest BCUT2D eigenvalue weighted by molar-refractivity contribution is 7.45. The van der Waals surface area contributed by atoms with E-state index in [1.165, 1.54) is 0 Å². The lowest BCUT2D eigenvalue weighted by Gasteiger charge is -2.11. The number of anilines is 1. The molecule has 0 spiro atoms. The van der Waals surface area contributed by atoms with Gasteiger partial charge in [-0.25, -0.2) is 9.97 Å². The van der Waals surface area contributed by atoms with E-state index in [0.29, 0.717) is 43.7 Å². The second kappa shape index (κ2) is 7.40. The molecule has 2 aromatic heterocycles. The number of aromatic nitrogens is 3.